The topological polar surface area (TPSA) is 62.6 Å². The average Bonchev–Trinajstić information content (AvgIpc) is 3.14. The monoisotopic (exact) mass is 404 g/mol. The minimum absolute atomic E-state index is 0.152. The van der Waals surface area contributed by atoms with Crippen LogP contribution in [0.15, 0.2) is 47.3 Å². The van der Waals surface area contributed by atoms with Crippen LogP contribution in [-0.2, 0) is 11.3 Å². The maximum Gasteiger partial charge on any atom is 0.236 e. The zero-order chi connectivity index (χ0) is 19.1. The fourth-order valence-corrected chi connectivity index (χ4v) is 5.04. The SMILES string of the molecule is C=CCNc1nnc(S[C@@H](C)C(=O)N2CC[NH+](Cc3ccccc3)CC2)s1. The predicted molar refractivity (Wildman–Crippen MR) is 111 cm³/mol. The Kier molecular flexibility index (Phi) is 7.25. The van der Waals surface area contributed by atoms with Gasteiger partial charge in [-0.05, 0) is 6.92 Å². The highest BCUT2D eigenvalue weighted by atomic mass is 32.2. The van der Waals surface area contributed by atoms with E-state index in [0.717, 1.165) is 42.2 Å². The number of carbonyl (C=O) groups is 1. The number of piperazine rings is 1. The summed E-state index contributed by atoms with van der Waals surface area (Å²) in [6.45, 7) is 10.9. The van der Waals surface area contributed by atoms with Gasteiger partial charge in [0.15, 0.2) is 4.34 Å². The summed E-state index contributed by atoms with van der Waals surface area (Å²) in [4.78, 5) is 16.3. The number of quaternary nitrogens is 1. The lowest BCUT2D eigenvalue weighted by molar-refractivity contribution is -0.917. The van der Waals surface area contributed by atoms with E-state index in [9.17, 15) is 4.79 Å². The lowest BCUT2D eigenvalue weighted by atomic mass is 10.2. The van der Waals surface area contributed by atoms with Gasteiger partial charge in [0.2, 0.25) is 11.0 Å². The van der Waals surface area contributed by atoms with Crippen molar-refractivity contribution >= 4 is 34.1 Å². The zero-order valence-corrected chi connectivity index (χ0v) is 17.2. The molecule has 1 aromatic carbocycles. The summed E-state index contributed by atoms with van der Waals surface area (Å²) in [7, 11) is 0. The van der Waals surface area contributed by atoms with Crippen LogP contribution in [0.3, 0.4) is 0 Å². The Morgan fingerprint density at radius 2 is 2.11 bits per heavy atom. The summed E-state index contributed by atoms with van der Waals surface area (Å²) in [5.41, 5.74) is 1.35. The lowest BCUT2D eigenvalue weighted by Crippen LogP contribution is -3.13. The molecule has 0 radical (unpaired) electrons. The first kappa shape index (κ1) is 19.9. The largest absolute Gasteiger partial charge is 0.357 e. The molecule has 1 aromatic heterocycles. The molecular formula is C19H26N5OS2+. The number of amides is 1. The van der Waals surface area contributed by atoms with Crippen molar-refractivity contribution in [2.24, 2.45) is 0 Å². The van der Waals surface area contributed by atoms with Crippen LogP contribution in [0.4, 0.5) is 5.13 Å². The number of anilines is 1. The highest BCUT2D eigenvalue weighted by Gasteiger charge is 2.28. The molecule has 0 bridgehead atoms. The number of carbonyl (C=O) groups excluding carboxylic acids is 1. The fraction of sp³-hybridized carbons (Fsp3) is 0.421. The molecule has 0 saturated carbocycles. The molecule has 1 aliphatic rings. The van der Waals surface area contributed by atoms with E-state index < -0.39 is 0 Å². The molecule has 0 aliphatic carbocycles. The molecule has 1 saturated heterocycles. The molecule has 27 heavy (non-hydrogen) atoms. The van der Waals surface area contributed by atoms with Crippen molar-refractivity contribution in [1.29, 1.82) is 0 Å². The molecule has 1 fully saturated rings. The smallest absolute Gasteiger partial charge is 0.236 e. The van der Waals surface area contributed by atoms with Crippen LogP contribution in [0.5, 0.6) is 0 Å². The Balaban J connectivity index is 1.45. The van der Waals surface area contributed by atoms with Crippen LogP contribution >= 0.6 is 23.1 Å². The average molecular weight is 405 g/mol. The van der Waals surface area contributed by atoms with Crippen molar-refractivity contribution in [3.8, 4) is 0 Å². The quantitative estimate of drug-likeness (QED) is 0.516. The molecule has 2 aromatic rings. The second-order valence-corrected chi connectivity index (χ2v) is 9.11. The summed E-state index contributed by atoms with van der Waals surface area (Å²) in [6, 6.07) is 10.6. The Labute approximate surface area is 168 Å². The number of benzene rings is 1. The van der Waals surface area contributed by atoms with Crippen molar-refractivity contribution in [2.75, 3.05) is 38.0 Å². The number of thioether (sulfide) groups is 1. The van der Waals surface area contributed by atoms with Crippen LogP contribution in [0.1, 0.15) is 12.5 Å². The van der Waals surface area contributed by atoms with Gasteiger partial charge in [-0.15, -0.1) is 16.8 Å². The molecule has 2 N–H and O–H groups in total. The first-order chi connectivity index (χ1) is 13.2. The molecule has 6 nitrogen and oxygen atoms in total. The number of aromatic nitrogens is 2. The molecule has 0 spiro atoms. The number of nitrogens with one attached hydrogen (secondary N) is 2. The second-order valence-electron chi connectivity index (χ2n) is 6.54. The lowest BCUT2D eigenvalue weighted by Gasteiger charge is -2.33. The van der Waals surface area contributed by atoms with Crippen LogP contribution in [0, 0.1) is 0 Å². The van der Waals surface area contributed by atoms with E-state index in [-0.39, 0.29) is 11.2 Å². The standard InChI is InChI=1S/C19H25N5OS2/c1-3-9-20-18-21-22-19(27-18)26-15(2)17(25)24-12-10-23(11-13-24)14-16-7-5-4-6-8-16/h3-8,15H,1,9-14H2,2H3,(H,20,21)/p+1/t15-/m0/s1. The molecule has 3 rings (SSSR count). The van der Waals surface area contributed by atoms with E-state index in [1.165, 1.54) is 33.6 Å². The molecule has 1 amide bonds. The number of rotatable bonds is 8. The summed E-state index contributed by atoms with van der Waals surface area (Å²) in [5.74, 6) is 0.189. The van der Waals surface area contributed by atoms with Gasteiger partial charge < -0.3 is 15.1 Å². The van der Waals surface area contributed by atoms with Gasteiger partial charge in [-0.3, -0.25) is 4.79 Å². The van der Waals surface area contributed by atoms with Crippen molar-refractivity contribution in [1.82, 2.24) is 15.1 Å². The van der Waals surface area contributed by atoms with Gasteiger partial charge in [-0.2, -0.15) is 0 Å². The first-order valence-electron chi connectivity index (χ1n) is 9.17. The number of hydrogen-bond donors (Lipinski definition) is 2. The van der Waals surface area contributed by atoms with Crippen molar-refractivity contribution in [2.45, 2.75) is 23.1 Å². The third kappa shape index (κ3) is 5.79. The van der Waals surface area contributed by atoms with Crippen LogP contribution < -0.4 is 10.2 Å². The second kappa shape index (κ2) is 9.87. The minimum Gasteiger partial charge on any atom is -0.357 e. The van der Waals surface area contributed by atoms with E-state index in [4.69, 9.17) is 0 Å². The molecule has 144 valence electrons. The summed E-state index contributed by atoms with van der Waals surface area (Å²) < 4.78 is 0.816. The van der Waals surface area contributed by atoms with Gasteiger partial charge in [0, 0.05) is 12.1 Å². The van der Waals surface area contributed by atoms with Crippen molar-refractivity contribution in [3.05, 3.63) is 48.6 Å². The highest BCUT2D eigenvalue weighted by molar-refractivity contribution is 8.02. The van der Waals surface area contributed by atoms with E-state index >= 15 is 0 Å². The molecular weight excluding hydrogens is 378 g/mol. The molecule has 1 aliphatic heterocycles. The Hall–Kier alpha value is -1.90. The maximum absolute atomic E-state index is 12.8. The van der Waals surface area contributed by atoms with E-state index in [1.807, 2.05) is 17.9 Å². The van der Waals surface area contributed by atoms with Crippen LogP contribution in [-0.4, -0.2) is 59.0 Å². The van der Waals surface area contributed by atoms with Gasteiger partial charge >= 0.3 is 0 Å². The summed E-state index contributed by atoms with van der Waals surface area (Å²) >= 11 is 2.96. The van der Waals surface area contributed by atoms with E-state index in [1.54, 1.807) is 6.08 Å². The van der Waals surface area contributed by atoms with Gasteiger partial charge in [0.1, 0.15) is 6.54 Å². The van der Waals surface area contributed by atoms with E-state index in [0.29, 0.717) is 6.54 Å². The van der Waals surface area contributed by atoms with Gasteiger partial charge in [0.25, 0.3) is 0 Å². The number of hydrogen-bond acceptors (Lipinski definition) is 6. The Morgan fingerprint density at radius 3 is 2.81 bits per heavy atom. The highest BCUT2D eigenvalue weighted by Crippen LogP contribution is 2.29. The Bertz CT molecular complexity index is 744. The third-order valence-electron chi connectivity index (χ3n) is 4.51. The van der Waals surface area contributed by atoms with E-state index in [2.05, 4.69) is 46.4 Å². The molecule has 2 heterocycles. The van der Waals surface area contributed by atoms with Gasteiger partial charge in [-0.1, -0.05) is 59.5 Å². The summed E-state index contributed by atoms with van der Waals surface area (Å²) in [5, 5.41) is 12.0. The fourth-order valence-electron chi connectivity index (χ4n) is 3.05. The predicted octanol–water partition coefficient (Wildman–Crippen LogP) is 1.54. The maximum atomic E-state index is 12.8. The molecule has 1 atom stereocenters. The third-order valence-corrected chi connectivity index (χ3v) is 6.56. The minimum atomic E-state index is -0.152. The first-order valence-corrected chi connectivity index (χ1v) is 10.9. The molecule has 8 heteroatoms. The van der Waals surface area contributed by atoms with Crippen molar-refractivity contribution < 1.29 is 9.69 Å². The van der Waals surface area contributed by atoms with Gasteiger partial charge in [0.05, 0.1) is 31.4 Å². The van der Waals surface area contributed by atoms with Crippen LogP contribution in [0.25, 0.3) is 0 Å². The van der Waals surface area contributed by atoms with Crippen LogP contribution in [0.2, 0.25) is 0 Å². The Morgan fingerprint density at radius 1 is 1.37 bits per heavy atom. The molecule has 0 unspecified atom stereocenters. The summed E-state index contributed by atoms with van der Waals surface area (Å²) in [6.07, 6.45) is 1.78. The number of nitrogens with zero attached hydrogens (tertiary/aromatic N) is 3. The zero-order valence-electron chi connectivity index (χ0n) is 15.6. The van der Waals surface area contributed by atoms with Gasteiger partial charge in [-0.25, -0.2) is 0 Å². The van der Waals surface area contributed by atoms with Crippen molar-refractivity contribution in [3.63, 3.8) is 0 Å². The normalized spacial score (nSPS) is 16.1.